The number of anilines is 1. The average Bonchev–Trinajstić information content (AvgIpc) is 3.45. The van der Waals surface area contributed by atoms with Crippen molar-refractivity contribution in [1.29, 1.82) is 5.26 Å². The third-order valence-electron chi connectivity index (χ3n) is 5.21. The number of benzene rings is 2. The summed E-state index contributed by atoms with van der Waals surface area (Å²) >= 11 is 0. The lowest BCUT2D eigenvalue weighted by Gasteiger charge is -2.18. The van der Waals surface area contributed by atoms with Gasteiger partial charge in [-0.3, -0.25) is 14.1 Å². The Kier molecular flexibility index (Phi) is 5.03. The molecule has 168 valence electrons. The Labute approximate surface area is 186 Å². The van der Waals surface area contributed by atoms with Gasteiger partial charge in [-0.15, -0.1) is 10.2 Å². The number of ether oxygens (including phenoxy) is 1. The van der Waals surface area contributed by atoms with Crippen LogP contribution in [0.2, 0.25) is 0 Å². The molecule has 1 atom stereocenters. The summed E-state index contributed by atoms with van der Waals surface area (Å²) in [6, 6.07) is 8.64. The molecular weight excluding hydrogens is 456 g/mol. The number of nitrogens with one attached hydrogen (secondary N) is 1. The van der Waals surface area contributed by atoms with Crippen LogP contribution in [0.15, 0.2) is 42.9 Å². The number of aromatic nitrogens is 4. The fraction of sp³-hybridized carbons (Fsp3) is 0.200. The molecule has 0 spiro atoms. The standard InChI is InChI=1S/C20H15F2N7O3S/c21-12-5-6-28(10-12)33(30,31)27-16-4-2-15(22)20(14(16)8-23)32-13-1-3-17-18(7-13)29-11-25-26-19(29)9-24-17/h1-4,7,9,11-12,27H,5-6,10H2. The number of nitrogens with zero attached hydrogens (tertiary/aromatic N) is 6. The van der Waals surface area contributed by atoms with Gasteiger partial charge >= 0.3 is 10.2 Å². The summed E-state index contributed by atoms with van der Waals surface area (Å²) in [4.78, 5) is 4.27. The highest BCUT2D eigenvalue weighted by Gasteiger charge is 2.32. The fourth-order valence-electron chi connectivity index (χ4n) is 3.59. The molecule has 33 heavy (non-hydrogen) atoms. The van der Waals surface area contributed by atoms with E-state index in [1.54, 1.807) is 28.8 Å². The zero-order valence-corrected chi connectivity index (χ0v) is 17.6. The summed E-state index contributed by atoms with van der Waals surface area (Å²) < 4.78 is 63.8. The second kappa shape index (κ2) is 7.91. The molecule has 13 heteroatoms. The number of fused-ring (bicyclic) bond motifs is 3. The fourth-order valence-corrected chi connectivity index (χ4v) is 4.87. The summed E-state index contributed by atoms with van der Waals surface area (Å²) in [5, 5.41) is 17.4. The van der Waals surface area contributed by atoms with E-state index in [2.05, 4.69) is 19.9 Å². The second-order valence-electron chi connectivity index (χ2n) is 7.33. The summed E-state index contributed by atoms with van der Waals surface area (Å²) in [7, 11) is -4.14. The quantitative estimate of drug-likeness (QED) is 0.474. The molecule has 5 rings (SSSR count). The van der Waals surface area contributed by atoms with Crippen molar-refractivity contribution in [2.24, 2.45) is 0 Å². The lowest BCUT2D eigenvalue weighted by molar-refractivity contribution is 0.343. The summed E-state index contributed by atoms with van der Waals surface area (Å²) in [5.41, 5.74) is 1.15. The van der Waals surface area contributed by atoms with Crippen LogP contribution >= 0.6 is 0 Å². The molecule has 1 N–H and O–H groups in total. The van der Waals surface area contributed by atoms with E-state index in [0.29, 0.717) is 16.7 Å². The molecule has 2 aromatic carbocycles. The van der Waals surface area contributed by atoms with Gasteiger partial charge in [0, 0.05) is 19.2 Å². The van der Waals surface area contributed by atoms with Crippen LogP contribution in [0.3, 0.4) is 0 Å². The highest BCUT2D eigenvalue weighted by molar-refractivity contribution is 7.90. The smallest absolute Gasteiger partial charge is 0.301 e. The molecular formula is C20H15F2N7O3S. The molecule has 1 saturated heterocycles. The first-order valence-electron chi connectivity index (χ1n) is 9.76. The maximum atomic E-state index is 14.7. The van der Waals surface area contributed by atoms with Crippen molar-refractivity contribution in [2.75, 3.05) is 17.8 Å². The number of halogens is 2. The Morgan fingerprint density at radius 2 is 2.12 bits per heavy atom. The Balaban J connectivity index is 1.52. The molecule has 1 aliphatic heterocycles. The number of hydrogen-bond donors (Lipinski definition) is 1. The number of alkyl halides is 1. The van der Waals surface area contributed by atoms with E-state index >= 15 is 0 Å². The van der Waals surface area contributed by atoms with Gasteiger partial charge in [-0.05, 0) is 30.7 Å². The predicted octanol–water partition coefficient (Wildman–Crippen LogP) is 2.78. The Hall–Kier alpha value is -3.89. The predicted molar refractivity (Wildman–Crippen MR) is 113 cm³/mol. The van der Waals surface area contributed by atoms with Crippen molar-refractivity contribution < 1.29 is 21.9 Å². The minimum Gasteiger partial charge on any atom is -0.453 e. The molecule has 0 saturated carbocycles. The maximum Gasteiger partial charge on any atom is 0.301 e. The van der Waals surface area contributed by atoms with E-state index in [0.717, 1.165) is 16.4 Å². The normalized spacial score (nSPS) is 16.8. The third-order valence-corrected chi connectivity index (χ3v) is 6.70. The van der Waals surface area contributed by atoms with Crippen LogP contribution < -0.4 is 9.46 Å². The molecule has 2 aromatic heterocycles. The van der Waals surface area contributed by atoms with Crippen molar-refractivity contribution >= 4 is 32.6 Å². The first-order valence-corrected chi connectivity index (χ1v) is 11.2. The van der Waals surface area contributed by atoms with Crippen LogP contribution in [0.25, 0.3) is 16.7 Å². The van der Waals surface area contributed by atoms with E-state index in [4.69, 9.17) is 4.74 Å². The largest absolute Gasteiger partial charge is 0.453 e. The van der Waals surface area contributed by atoms with Crippen LogP contribution in [0, 0.1) is 17.1 Å². The second-order valence-corrected chi connectivity index (χ2v) is 9.00. The third kappa shape index (κ3) is 3.79. The monoisotopic (exact) mass is 471 g/mol. The van der Waals surface area contributed by atoms with Crippen molar-refractivity contribution in [3.8, 4) is 17.6 Å². The zero-order chi connectivity index (χ0) is 23.2. The van der Waals surface area contributed by atoms with Crippen LogP contribution in [-0.4, -0.2) is 51.6 Å². The molecule has 10 nitrogen and oxygen atoms in total. The highest BCUT2D eigenvalue weighted by atomic mass is 32.2. The van der Waals surface area contributed by atoms with Gasteiger partial charge in [0.15, 0.2) is 17.2 Å². The average molecular weight is 471 g/mol. The SMILES string of the molecule is N#Cc1c(NS(=O)(=O)N2CCC(F)C2)ccc(F)c1Oc1ccc2ncc3nncn3c2c1. The summed E-state index contributed by atoms with van der Waals surface area (Å²) in [5.74, 6) is -1.13. The minimum atomic E-state index is -4.14. The van der Waals surface area contributed by atoms with Gasteiger partial charge in [0.05, 0.1) is 22.9 Å². The van der Waals surface area contributed by atoms with Crippen molar-refractivity contribution in [1.82, 2.24) is 23.9 Å². The zero-order valence-electron chi connectivity index (χ0n) is 16.8. The van der Waals surface area contributed by atoms with Crippen molar-refractivity contribution in [3.63, 3.8) is 0 Å². The number of rotatable bonds is 5. The van der Waals surface area contributed by atoms with Crippen molar-refractivity contribution in [3.05, 3.63) is 54.2 Å². The molecule has 0 aliphatic carbocycles. The Morgan fingerprint density at radius 3 is 2.88 bits per heavy atom. The summed E-state index contributed by atoms with van der Waals surface area (Å²) in [6.07, 6.45) is 1.86. The lowest BCUT2D eigenvalue weighted by atomic mass is 10.1. The lowest BCUT2D eigenvalue weighted by Crippen LogP contribution is -2.34. The van der Waals surface area contributed by atoms with E-state index in [-0.39, 0.29) is 36.5 Å². The van der Waals surface area contributed by atoms with Gasteiger partial charge in [0.1, 0.15) is 29.9 Å². The van der Waals surface area contributed by atoms with Crippen LogP contribution in [0.5, 0.6) is 11.5 Å². The van der Waals surface area contributed by atoms with Crippen molar-refractivity contribution in [2.45, 2.75) is 12.6 Å². The minimum absolute atomic E-state index is 0.00560. The highest BCUT2D eigenvalue weighted by Crippen LogP contribution is 2.35. The van der Waals surface area contributed by atoms with Gasteiger partial charge in [-0.2, -0.15) is 18.0 Å². The van der Waals surface area contributed by atoms with E-state index in [1.807, 2.05) is 0 Å². The molecule has 1 aliphatic rings. The molecule has 1 unspecified atom stereocenters. The first-order chi connectivity index (χ1) is 15.9. The molecule has 0 amide bonds. The summed E-state index contributed by atoms with van der Waals surface area (Å²) in [6.45, 7) is -0.282. The Bertz CT molecular complexity index is 1530. The van der Waals surface area contributed by atoms with E-state index in [1.165, 1.54) is 12.4 Å². The van der Waals surface area contributed by atoms with Gasteiger partial charge < -0.3 is 4.74 Å². The van der Waals surface area contributed by atoms with Crippen LogP contribution in [-0.2, 0) is 10.2 Å². The molecule has 3 heterocycles. The first kappa shape index (κ1) is 21.0. The number of nitriles is 1. The van der Waals surface area contributed by atoms with Crippen LogP contribution in [0.4, 0.5) is 14.5 Å². The van der Waals surface area contributed by atoms with E-state index < -0.39 is 27.9 Å². The van der Waals surface area contributed by atoms with Gasteiger partial charge in [0.25, 0.3) is 0 Å². The number of hydrogen-bond acceptors (Lipinski definition) is 7. The molecule has 0 radical (unpaired) electrons. The van der Waals surface area contributed by atoms with Gasteiger partial charge in [-0.1, -0.05) is 0 Å². The Morgan fingerprint density at radius 1 is 1.27 bits per heavy atom. The van der Waals surface area contributed by atoms with E-state index in [9.17, 15) is 22.5 Å². The molecule has 1 fully saturated rings. The topological polar surface area (TPSA) is 126 Å². The van der Waals surface area contributed by atoms with Gasteiger partial charge in [0.2, 0.25) is 0 Å². The van der Waals surface area contributed by atoms with Gasteiger partial charge in [-0.25, -0.2) is 8.78 Å². The molecule has 4 aromatic rings. The van der Waals surface area contributed by atoms with Crippen LogP contribution in [0.1, 0.15) is 12.0 Å². The maximum absolute atomic E-state index is 14.7. The molecule has 0 bridgehead atoms.